The summed E-state index contributed by atoms with van der Waals surface area (Å²) in [6, 6.07) is 2.01. The molecule has 152 valence electrons. The fraction of sp³-hybridized carbons (Fsp3) is 0.471. The summed E-state index contributed by atoms with van der Waals surface area (Å²) in [4.78, 5) is 31.6. The van der Waals surface area contributed by atoms with Gasteiger partial charge < -0.3 is 29.6 Å². The van der Waals surface area contributed by atoms with E-state index in [1.807, 2.05) is 11.0 Å². The molecule has 0 aromatic carbocycles. The molecule has 0 bridgehead atoms. The molecule has 5 heterocycles. The summed E-state index contributed by atoms with van der Waals surface area (Å²) in [6.07, 6.45) is 3.29. The van der Waals surface area contributed by atoms with Crippen LogP contribution in [0.25, 0.3) is 4.96 Å². The van der Waals surface area contributed by atoms with Crippen molar-refractivity contribution in [2.45, 2.75) is 0 Å². The first-order valence-corrected chi connectivity index (χ1v) is 10.3. The highest BCUT2D eigenvalue weighted by molar-refractivity contribution is 7.15. The molecule has 3 aromatic rings. The van der Waals surface area contributed by atoms with E-state index in [2.05, 4.69) is 24.8 Å². The molecule has 0 saturated carbocycles. The van der Waals surface area contributed by atoms with Gasteiger partial charge in [-0.1, -0.05) is 11.3 Å². The van der Waals surface area contributed by atoms with E-state index in [0.717, 1.165) is 24.7 Å². The van der Waals surface area contributed by atoms with Crippen LogP contribution in [0, 0.1) is 10.1 Å². The Morgan fingerprint density at radius 3 is 2.34 bits per heavy atom. The van der Waals surface area contributed by atoms with Crippen LogP contribution in [0.1, 0.15) is 0 Å². The quantitative estimate of drug-likeness (QED) is 0.459. The summed E-state index contributed by atoms with van der Waals surface area (Å²) in [5.41, 5.74) is 0. The molecule has 2 aliphatic rings. The van der Waals surface area contributed by atoms with Gasteiger partial charge in [0.25, 0.3) is 4.96 Å². The molecule has 2 aliphatic heterocycles. The minimum atomic E-state index is -0.354. The average Bonchev–Trinajstić information content (AvgIpc) is 3.36. The van der Waals surface area contributed by atoms with Crippen molar-refractivity contribution in [3.8, 4) is 0 Å². The predicted molar refractivity (Wildman–Crippen MR) is 109 cm³/mol. The van der Waals surface area contributed by atoms with Crippen molar-refractivity contribution in [2.75, 3.05) is 67.2 Å². The summed E-state index contributed by atoms with van der Waals surface area (Å²) in [5, 5.41) is 13.4. The van der Waals surface area contributed by atoms with E-state index in [-0.39, 0.29) is 10.7 Å². The van der Waals surface area contributed by atoms with Crippen LogP contribution in [0.15, 0.2) is 24.0 Å². The summed E-state index contributed by atoms with van der Waals surface area (Å²) in [6.45, 7) is 5.77. The number of anilines is 3. The number of fused-ring (bicyclic) bond motifs is 1. The van der Waals surface area contributed by atoms with E-state index in [9.17, 15) is 10.1 Å². The maximum absolute atomic E-state index is 11.6. The molecule has 0 unspecified atom stereocenters. The van der Waals surface area contributed by atoms with Gasteiger partial charge in [-0.15, -0.1) is 0 Å². The lowest BCUT2D eigenvalue weighted by molar-refractivity contribution is -0.389. The third kappa shape index (κ3) is 3.34. The monoisotopic (exact) mass is 416 g/mol. The topological polar surface area (TPSA) is 105 Å². The van der Waals surface area contributed by atoms with Crippen molar-refractivity contribution >= 4 is 39.6 Å². The number of ether oxygens (including phenoxy) is 1. The van der Waals surface area contributed by atoms with Crippen molar-refractivity contribution in [3.05, 3.63) is 34.1 Å². The molecule has 2 fully saturated rings. The number of rotatable bonds is 4. The van der Waals surface area contributed by atoms with Gasteiger partial charge >= 0.3 is 5.82 Å². The Morgan fingerprint density at radius 1 is 1.00 bits per heavy atom. The maximum Gasteiger partial charge on any atom is 0.373 e. The van der Waals surface area contributed by atoms with E-state index in [1.54, 1.807) is 22.3 Å². The fourth-order valence-corrected chi connectivity index (χ4v) is 4.47. The molecule has 3 aromatic heterocycles. The Labute approximate surface area is 170 Å². The molecular formula is C17H20N8O3S. The smallest absolute Gasteiger partial charge is 0.373 e. The van der Waals surface area contributed by atoms with E-state index in [4.69, 9.17) is 4.74 Å². The number of hydrogen-bond acceptors (Lipinski definition) is 10. The average molecular weight is 416 g/mol. The number of nitrogens with zero attached hydrogens (tertiary/aromatic N) is 8. The Balaban J connectivity index is 1.32. The third-order valence-corrected chi connectivity index (χ3v) is 6.03. The Bertz CT molecular complexity index is 1020. The van der Waals surface area contributed by atoms with Crippen molar-refractivity contribution in [3.63, 3.8) is 0 Å². The molecular weight excluding hydrogens is 396 g/mol. The summed E-state index contributed by atoms with van der Waals surface area (Å²) >= 11 is 1.40. The molecule has 2 saturated heterocycles. The van der Waals surface area contributed by atoms with Gasteiger partial charge in [0, 0.05) is 50.7 Å². The van der Waals surface area contributed by atoms with Gasteiger partial charge in [-0.2, -0.15) is 9.38 Å². The minimum absolute atomic E-state index is 0.0336. The van der Waals surface area contributed by atoms with Crippen LogP contribution in [0.3, 0.4) is 0 Å². The zero-order valence-corrected chi connectivity index (χ0v) is 16.5. The normalized spacial score (nSPS) is 17.9. The number of nitro groups is 1. The Kier molecular flexibility index (Phi) is 4.64. The summed E-state index contributed by atoms with van der Waals surface area (Å²) in [7, 11) is 0. The van der Waals surface area contributed by atoms with Crippen molar-refractivity contribution in [1.29, 1.82) is 0 Å². The van der Waals surface area contributed by atoms with Gasteiger partial charge in [0.1, 0.15) is 24.2 Å². The SMILES string of the molecule is O=[N+]([O-])c1c(N2CCN(c3cc(N4CCOCC4)ncn3)CC2)nc2sccn12. The van der Waals surface area contributed by atoms with Crippen molar-refractivity contribution in [1.82, 2.24) is 19.4 Å². The highest BCUT2D eigenvalue weighted by atomic mass is 32.1. The second-order valence-corrected chi connectivity index (χ2v) is 7.75. The molecule has 0 amide bonds. The number of hydrogen-bond donors (Lipinski definition) is 0. The standard InChI is InChI=1S/C17H20N8O3S/c26-25(27)16-15(20-17-24(16)7-10-29-17)23-3-1-21(2-4-23)13-11-14(19-12-18-13)22-5-8-28-9-6-22/h7,10-12H,1-6,8-9H2. The van der Waals surface area contributed by atoms with Crippen LogP contribution in [-0.2, 0) is 4.74 Å². The lowest BCUT2D eigenvalue weighted by atomic mass is 10.3. The Morgan fingerprint density at radius 2 is 1.66 bits per heavy atom. The second kappa shape index (κ2) is 7.44. The number of piperazine rings is 1. The number of aromatic nitrogens is 4. The predicted octanol–water partition coefficient (Wildman–Crippen LogP) is 1.26. The zero-order chi connectivity index (χ0) is 19.8. The van der Waals surface area contributed by atoms with E-state index >= 15 is 0 Å². The molecule has 12 heteroatoms. The minimum Gasteiger partial charge on any atom is -0.378 e. The lowest BCUT2D eigenvalue weighted by Gasteiger charge is -2.35. The van der Waals surface area contributed by atoms with Crippen molar-refractivity contribution < 1.29 is 9.66 Å². The van der Waals surface area contributed by atoms with Crippen LogP contribution >= 0.6 is 11.3 Å². The number of imidazole rings is 1. The van der Waals surface area contributed by atoms with Crippen LogP contribution in [0.5, 0.6) is 0 Å². The van der Waals surface area contributed by atoms with E-state index in [1.165, 1.54) is 11.3 Å². The largest absolute Gasteiger partial charge is 0.378 e. The molecule has 11 nitrogen and oxygen atoms in total. The van der Waals surface area contributed by atoms with Crippen LogP contribution < -0.4 is 14.7 Å². The molecule has 29 heavy (non-hydrogen) atoms. The summed E-state index contributed by atoms with van der Waals surface area (Å²) in [5.74, 6) is 2.26. The van der Waals surface area contributed by atoms with Gasteiger partial charge in [-0.05, 0) is 4.92 Å². The Hall–Kier alpha value is -2.99. The maximum atomic E-state index is 11.6. The van der Waals surface area contributed by atoms with Crippen LogP contribution in [0.4, 0.5) is 23.3 Å². The van der Waals surface area contributed by atoms with Gasteiger partial charge in [-0.3, -0.25) is 0 Å². The molecule has 0 spiro atoms. The fourth-order valence-electron chi connectivity index (χ4n) is 3.77. The molecule has 0 radical (unpaired) electrons. The van der Waals surface area contributed by atoms with Crippen molar-refractivity contribution in [2.24, 2.45) is 0 Å². The van der Waals surface area contributed by atoms with E-state index < -0.39 is 0 Å². The first-order valence-electron chi connectivity index (χ1n) is 9.45. The molecule has 5 rings (SSSR count). The first kappa shape index (κ1) is 18.1. The van der Waals surface area contributed by atoms with Gasteiger partial charge in [0.15, 0.2) is 0 Å². The van der Waals surface area contributed by atoms with E-state index in [0.29, 0.717) is 50.2 Å². The lowest BCUT2D eigenvalue weighted by Crippen LogP contribution is -2.47. The van der Waals surface area contributed by atoms with Gasteiger partial charge in [-0.25, -0.2) is 9.97 Å². The first-order chi connectivity index (χ1) is 14.2. The molecule has 0 aliphatic carbocycles. The highest BCUT2D eigenvalue weighted by Crippen LogP contribution is 2.32. The number of morpholine rings is 1. The number of thiazole rings is 1. The van der Waals surface area contributed by atoms with Gasteiger partial charge in [0.2, 0.25) is 5.82 Å². The second-order valence-electron chi connectivity index (χ2n) is 6.88. The zero-order valence-electron chi connectivity index (χ0n) is 15.7. The van der Waals surface area contributed by atoms with Crippen LogP contribution in [0.2, 0.25) is 0 Å². The molecule has 0 N–H and O–H groups in total. The van der Waals surface area contributed by atoms with Crippen LogP contribution in [-0.4, -0.2) is 76.8 Å². The molecule has 0 atom stereocenters. The third-order valence-electron chi connectivity index (χ3n) is 5.27. The summed E-state index contributed by atoms with van der Waals surface area (Å²) < 4.78 is 6.96. The van der Waals surface area contributed by atoms with Gasteiger partial charge in [0.05, 0.1) is 13.2 Å². The highest BCUT2D eigenvalue weighted by Gasteiger charge is 2.30.